The Morgan fingerprint density at radius 1 is 1.00 bits per heavy atom. The number of likely N-dealkylation sites (N-methyl/N-ethyl adjacent to an activating group) is 1. The first-order chi connectivity index (χ1) is 9.65. The van der Waals surface area contributed by atoms with Crippen molar-refractivity contribution in [1.82, 2.24) is 4.90 Å². The van der Waals surface area contributed by atoms with Crippen molar-refractivity contribution in [3.05, 3.63) is 59.2 Å². The van der Waals surface area contributed by atoms with Crippen LogP contribution in [0.15, 0.2) is 42.5 Å². The fourth-order valence-corrected chi connectivity index (χ4v) is 2.89. The van der Waals surface area contributed by atoms with Gasteiger partial charge in [0.1, 0.15) is 0 Å². The summed E-state index contributed by atoms with van der Waals surface area (Å²) in [5, 5.41) is 0. The molecule has 0 unspecified atom stereocenters. The van der Waals surface area contributed by atoms with Crippen molar-refractivity contribution in [3.63, 3.8) is 0 Å². The van der Waals surface area contributed by atoms with Crippen LogP contribution in [-0.2, 0) is 12.8 Å². The first-order valence-electron chi connectivity index (χ1n) is 7.04. The average Bonchev–Trinajstić information content (AvgIpc) is 2.45. The molecule has 0 fully saturated rings. The van der Waals surface area contributed by atoms with Gasteiger partial charge in [-0.1, -0.05) is 36.4 Å². The minimum Gasteiger partial charge on any atom is -0.302 e. The number of nitrogens with zero attached hydrogens (tertiary/aromatic N) is 1. The molecule has 2 aromatic carbocycles. The molecular formula is C18H19NO. The third kappa shape index (κ3) is 2.39. The van der Waals surface area contributed by atoms with Gasteiger partial charge in [-0.3, -0.25) is 4.79 Å². The normalized spacial score (nSPS) is 12.9. The molecule has 0 aromatic heterocycles. The van der Waals surface area contributed by atoms with Crippen molar-refractivity contribution in [2.45, 2.75) is 12.8 Å². The Balaban J connectivity index is 1.98. The summed E-state index contributed by atoms with van der Waals surface area (Å²) in [6.07, 6.45) is 2.09. The standard InChI is InChI=1S/C18H19NO/c1-19(2)12-18(20)15-9-10-17-14(11-15)8-7-13-5-3-4-6-16(13)17/h3-6,9-11H,7-8,12H2,1-2H3. The third-order valence-corrected chi connectivity index (χ3v) is 3.86. The summed E-state index contributed by atoms with van der Waals surface area (Å²) in [5.41, 5.74) is 6.14. The van der Waals surface area contributed by atoms with Crippen LogP contribution in [-0.4, -0.2) is 31.3 Å². The highest BCUT2D eigenvalue weighted by molar-refractivity contribution is 5.98. The summed E-state index contributed by atoms with van der Waals surface area (Å²) in [5.74, 6) is 0.191. The third-order valence-electron chi connectivity index (χ3n) is 3.86. The number of ketones is 1. The predicted molar refractivity (Wildman–Crippen MR) is 82.2 cm³/mol. The number of aryl methyl sites for hydroxylation is 2. The summed E-state index contributed by atoms with van der Waals surface area (Å²) < 4.78 is 0. The van der Waals surface area contributed by atoms with E-state index < -0.39 is 0 Å². The molecule has 0 N–H and O–H groups in total. The molecule has 20 heavy (non-hydrogen) atoms. The molecule has 2 heteroatoms. The Morgan fingerprint density at radius 2 is 1.70 bits per heavy atom. The first kappa shape index (κ1) is 13.1. The highest BCUT2D eigenvalue weighted by atomic mass is 16.1. The lowest BCUT2D eigenvalue weighted by Gasteiger charge is -2.20. The fraction of sp³-hybridized carbons (Fsp3) is 0.278. The Bertz CT molecular complexity index is 658. The van der Waals surface area contributed by atoms with Crippen LogP contribution in [0.2, 0.25) is 0 Å². The molecule has 0 bridgehead atoms. The Hall–Kier alpha value is -1.93. The molecule has 0 saturated heterocycles. The van der Waals surface area contributed by atoms with Crippen LogP contribution in [0.4, 0.5) is 0 Å². The largest absolute Gasteiger partial charge is 0.302 e. The van der Waals surface area contributed by atoms with E-state index in [1.54, 1.807) is 0 Å². The van der Waals surface area contributed by atoms with Gasteiger partial charge >= 0.3 is 0 Å². The van der Waals surface area contributed by atoms with Crippen molar-refractivity contribution in [2.75, 3.05) is 20.6 Å². The van der Waals surface area contributed by atoms with E-state index in [0.29, 0.717) is 6.54 Å². The van der Waals surface area contributed by atoms with Gasteiger partial charge in [-0.15, -0.1) is 0 Å². The Labute approximate surface area is 120 Å². The molecule has 3 rings (SSSR count). The van der Waals surface area contributed by atoms with Crippen molar-refractivity contribution in [2.24, 2.45) is 0 Å². The smallest absolute Gasteiger partial charge is 0.176 e. The lowest BCUT2D eigenvalue weighted by atomic mass is 9.84. The zero-order valence-electron chi connectivity index (χ0n) is 12.0. The molecule has 0 saturated carbocycles. The zero-order chi connectivity index (χ0) is 14.1. The molecule has 1 aliphatic rings. The van der Waals surface area contributed by atoms with Crippen molar-refractivity contribution in [1.29, 1.82) is 0 Å². The molecule has 2 nitrogen and oxygen atoms in total. The highest BCUT2D eigenvalue weighted by Gasteiger charge is 2.17. The van der Waals surface area contributed by atoms with E-state index >= 15 is 0 Å². The number of hydrogen-bond donors (Lipinski definition) is 0. The molecular weight excluding hydrogens is 246 g/mol. The first-order valence-corrected chi connectivity index (χ1v) is 7.04. The van der Waals surface area contributed by atoms with Crippen LogP contribution in [0.25, 0.3) is 11.1 Å². The Kier molecular flexibility index (Phi) is 3.41. The van der Waals surface area contributed by atoms with E-state index in [1.165, 1.54) is 22.3 Å². The van der Waals surface area contributed by atoms with E-state index in [0.717, 1.165) is 18.4 Å². The van der Waals surface area contributed by atoms with E-state index in [-0.39, 0.29) is 5.78 Å². The minimum atomic E-state index is 0.191. The molecule has 0 radical (unpaired) electrons. The number of hydrogen-bond acceptors (Lipinski definition) is 2. The summed E-state index contributed by atoms with van der Waals surface area (Å²) >= 11 is 0. The lowest BCUT2D eigenvalue weighted by Crippen LogP contribution is -2.22. The number of rotatable bonds is 3. The lowest BCUT2D eigenvalue weighted by molar-refractivity contribution is 0.0958. The molecule has 0 spiro atoms. The molecule has 0 heterocycles. The molecule has 1 aliphatic carbocycles. The van der Waals surface area contributed by atoms with Crippen LogP contribution in [0.3, 0.4) is 0 Å². The topological polar surface area (TPSA) is 20.3 Å². The van der Waals surface area contributed by atoms with Gasteiger partial charge in [0.15, 0.2) is 5.78 Å². The van der Waals surface area contributed by atoms with Crippen LogP contribution in [0.5, 0.6) is 0 Å². The molecule has 2 aromatic rings. The molecule has 0 aliphatic heterocycles. The monoisotopic (exact) mass is 265 g/mol. The summed E-state index contributed by atoms with van der Waals surface area (Å²) in [7, 11) is 3.85. The SMILES string of the molecule is CN(C)CC(=O)c1ccc2c(c1)CCc1ccccc1-2. The van der Waals surface area contributed by atoms with Crippen LogP contribution in [0, 0.1) is 0 Å². The van der Waals surface area contributed by atoms with E-state index in [1.807, 2.05) is 25.1 Å². The van der Waals surface area contributed by atoms with Gasteiger partial charge in [0.25, 0.3) is 0 Å². The second-order valence-electron chi connectivity index (χ2n) is 5.69. The van der Waals surface area contributed by atoms with Crippen LogP contribution in [0.1, 0.15) is 21.5 Å². The minimum absolute atomic E-state index is 0.191. The van der Waals surface area contributed by atoms with Gasteiger partial charge in [0, 0.05) is 5.56 Å². The zero-order valence-corrected chi connectivity index (χ0v) is 12.0. The van der Waals surface area contributed by atoms with Gasteiger partial charge in [-0.2, -0.15) is 0 Å². The second-order valence-corrected chi connectivity index (χ2v) is 5.69. The predicted octanol–water partition coefficient (Wildman–Crippen LogP) is 3.20. The van der Waals surface area contributed by atoms with Gasteiger partial charge in [-0.05, 0) is 55.3 Å². The number of benzene rings is 2. The maximum atomic E-state index is 12.1. The van der Waals surface area contributed by atoms with Crippen LogP contribution < -0.4 is 0 Å². The number of carbonyl (C=O) groups is 1. The molecule has 0 amide bonds. The summed E-state index contributed by atoms with van der Waals surface area (Å²) in [6, 6.07) is 14.7. The van der Waals surface area contributed by atoms with E-state index in [9.17, 15) is 4.79 Å². The number of carbonyl (C=O) groups excluding carboxylic acids is 1. The van der Waals surface area contributed by atoms with Crippen molar-refractivity contribution in [3.8, 4) is 11.1 Å². The maximum absolute atomic E-state index is 12.1. The van der Waals surface area contributed by atoms with Gasteiger partial charge in [-0.25, -0.2) is 0 Å². The number of Topliss-reactive ketones (excluding diaryl/α,β-unsaturated/α-hetero) is 1. The molecule has 0 atom stereocenters. The van der Waals surface area contributed by atoms with E-state index in [2.05, 4.69) is 36.4 Å². The van der Waals surface area contributed by atoms with Gasteiger partial charge < -0.3 is 4.90 Å². The average molecular weight is 265 g/mol. The van der Waals surface area contributed by atoms with E-state index in [4.69, 9.17) is 0 Å². The maximum Gasteiger partial charge on any atom is 0.176 e. The summed E-state index contributed by atoms with van der Waals surface area (Å²) in [6.45, 7) is 0.468. The van der Waals surface area contributed by atoms with Crippen molar-refractivity contribution < 1.29 is 4.79 Å². The summed E-state index contributed by atoms with van der Waals surface area (Å²) in [4.78, 5) is 14.1. The van der Waals surface area contributed by atoms with Crippen LogP contribution >= 0.6 is 0 Å². The quantitative estimate of drug-likeness (QED) is 0.794. The van der Waals surface area contributed by atoms with Gasteiger partial charge in [0.2, 0.25) is 0 Å². The molecule has 102 valence electrons. The highest BCUT2D eigenvalue weighted by Crippen LogP contribution is 2.33. The second kappa shape index (κ2) is 5.22. The fourth-order valence-electron chi connectivity index (χ4n) is 2.89. The number of fused-ring (bicyclic) bond motifs is 3. The van der Waals surface area contributed by atoms with Gasteiger partial charge in [0.05, 0.1) is 6.54 Å². The Morgan fingerprint density at radius 3 is 2.50 bits per heavy atom. The van der Waals surface area contributed by atoms with Crippen molar-refractivity contribution >= 4 is 5.78 Å².